The molecule has 0 saturated carbocycles. The van der Waals surface area contributed by atoms with Crippen LogP contribution in [0.1, 0.15) is 29.7 Å². The second-order valence-corrected chi connectivity index (χ2v) is 6.36. The predicted octanol–water partition coefficient (Wildman–Crippen LogP) is 2.07. The summed E-state index contributed by atoms with van der Waals surface area (Å²) >= 11 is 0. The van der Waals surface area contributed by atoms with Crippen molar-refractivity contribution in [2.45, 2.75) is 39.3 Å². The molecular weight excluding hydrogens is 318 g/mol. The first-order valence-corrected chi connectivity index (χ1v) is 8.57. The van der Waals surface area contributed by atoms with E-state index >= 15 is 0 Å². The SMILES string of the molecule is COc1nc(C)cc(C)c1CNc1cc(N2CCC[C@H]2CO)ncn1. The molecule has 1 fully saturated rings. The Morgan fingerprint density at radius 1 is 1.32 bits per heavy atom. The maximum Gasteiger partial charge on any atom is 0.218 e. The van der Waals surface area contributed by atoms with Crippen molar-refractivity contribution >= 4 is 11.6 Å². The lowest BCUT2D eigenvalue weighted by atomic mass is 10.1. The summed E-state index contributed by atoms with van der Waals surface area (Å²) in [6.07, 6.45) is 3.63. The van der Waals surface area contributed by atoms with Crippen LogP contribution in [0.3, 0.4) is 0 Å². The Morgan fingerprint density at radius 2 is 2.16 bits per heavy atom. The average Bonchev–Trinajstić information content (AvgIpc) is 3.09. The zero-order valence-corrected chi connectivity index (χ0v) is 15.0. The largest absolute Gasteiger partial charge is 0.481 e. The first-order valence-electron chi connectivity index (χ1n) is 8.57. The molecule has 0 radical (unpaired) electrons. The van der Waals surface area contributed by atoms with E-state index in [2.05, 4.69) is 32.1 Å². The maximum absolute atomic E-state index is 9.51. The van der Waals surface area contributed by atoms with Gasteiger partial charge in [-0.25, -0.2) is 15.0 Å². The number of hydrogen-bond donors (Lipinski definition) is 2. The summed E-state index contributed by atoms with van der Waals surface area (Å²) in [5.74, 6) is 2.23. The van der Waals surface area contributed by atoms with Gasteiger partial charge in [0.05, 0.1) is 19.8 Å². The molecule has 1 aliphatic rings. The van der Waals surface area contributed by atoms with Crippen LogP contribution in [0.5, 0.6) is 5.88 Å². The second kappa shape index (κ2) is 7.65. The van der Waals surface area contributed by atoms with E-state index in [0.717, 1.165) is 47.8 Å². The molecule has 1 atom stereocenters. The lowest BCUT2D eigenvalue weighted by Crippen LogP contribution is -2.32. The van der Waals surface area contributed by atoms with Crippen LogP contribution in [-0.4, -0.2) is 46.4 Å². The van der Waals surface area contributed by atoms with Crippen LogP contribution in [0.25, 0.3) is 0 Å². The Balaban J connectivity index is 1.75. The van der Waals surface area contributed by atoms with Crippen LogP contribution in [0.4, 0.5) is 11.6 Å². The Morgan fingerprint density at radius 3 is 2.92 bits per heavy atom. The minimum atomic E-state index is 0.145. The number of aliphatic hydroxyl groups is 1. The standard InChI is InChI=1S/C18H25N5O2/c1-12-7-13(2)22-18(25-3)15(12)9-19-16-8-17(21-11-20-16)23-6-4-5-14(23)10-24/h7-8,11,14,24H,4-6,9-10H2,1-3H3,(H,19,20,21)/t14-/m0/s1. The molecule has 3 rings (SSSR count). The highest BCUT2D eigenvalue weighted by Crippen LogP contribution is 2.26. The van der Waals surface area contributed by atoms with Gasteiger partial charge in [-0.05, 0) is 38.3 Å². The zero-order valence-electron chi connectivity index (χ0n) is 15.0. The summed E-state index contributed by atoms with van der Waals surface area (Å²) in [4.78, 5) is 15.3. The van der Waals surface area contributed by atoms with Crippen LogP contribution in [0, 0.1) is 13.8 Å². The van der Waals surface area contributed by atoms with Crippen LogP contribution in [-0.2, 0) is 6.54 Å². The van der Waals surface area contributed by atoms with Gasteiger partial charge in [0.2, 0.25) is 5.88 Å². The van der Waals surface area contributed by atoms with Gasteiger partial charge < -0.3 is 20.1 Å². The van der Waals surface area contributed by atoms with E-state index in [4.69, 9.17) is 4.74 Å². The number of nitrogens with zero attached hydrogens (tertiary/aromatic N) is 4. The molecule has 0 bridgehead atoms. The lowest BCUT2D eigenvalue weighted by Gasteiger charge is -2.24. The molecule has 134 valence electrons. The van der Waals surface area contributed by atoms with E-state index in [-0.39, 0.29) is 12.6 Å². The molecule has 1 aliphatic heterocycles. The van der Waals surface area contributed by atoms with Gasteiger partial charge in [0.25, 0.3) is 0 Å². The Kier molecular flexibility index (Phi) is 5.33. The third kappa shape index (κ3) is 3.82. The molecule has 0 spiro atoms. The van der Waals surface area contributed by atoms with Crippen molar-refractivity contribution in [3.8, 4) is 5.88 Å². The molecular formula is C18H25N5O2. The van der Waals surface area contributed by atoms with Crippen molar-refractivity contribution in [2.24, 2.45) is 0 Å². The number of nitrogens with one attached hydrogen (secondary N) is 1. The third-order valence-corrected chi connectivity index (χ3v) is 4.61. The molecule has 2 aromatic rings. The van der Waals surface area contributed by atoms with E-state index in [1.54, 1.807) is 13.4 Å². The summed E-state index contributed by atoms with van der Waals surface area (Å²) in [7, 11) is 1.63. The second-order valence-electron chi connectivity index (χ2n) is 6.36. The molecule has 0 amide bonds. The fourth-order valence-corrected chi connectivity index (χ4v) is 3.32. The minimum absolute atomic E-state index is 0.145. The van der Waals surface area contributed by atoms with Crippen molar-refractivity contribution < 1.29 is 9.84 Å². The van der Waals surface area contributed by atoms with Crippen molar-refractivity contribution in [2.75, 3.05) is 30.5 Å². The normalized spacial score (nSPS) is 17.0. The van der Waals surface area contributed by atoms with Gasteiger partial charge in [-0.1, -0.05) is 0 Å². The fraction of sp³-hybridized carbons (Fsp3) is 0.500. The highest BCUT2D eigenvalue weighted by molar-refractivity contribution is 5.50. The van der Waals surface area contributed by atoms with E-state index in [1.807, 2.05) is 19.1 Å². The number of ether oxygens (including phenoxy) is 1. The maximum atomic E-state index is 9.51. The van der Waals surface area contributed by atoms with Crippen molar-refractivity contribution in [3.63, 3.8) is 0 Å². The van der Waals surface area contributed by atoms with Crippen LogP contribution in [0.2, 0.25) is 0 Å². The minimum Gasteiger partial charge on any atom is -0.481 e. The average molecular weight is 343 g/mol. The summed E-state index contributed by atoms with van der Waals surface area (Å²) in [6.45, 7) is 5.64. The van der Waals surface area contributed by atoms with E-state index in [9.17, 15) is 5.11 Å². The summed E-state index contributed by atoms with van der Waals surface area (Å²) < 4.78 is 5.41. The third-order valence-electron chi connectivity index (χ3n) is 4.61. The van der Waals surface area contributed by atoms with E-state index < -0.39 is 0 Å². The number of aliphatic hydroxyl groups excluding tert-OH is 1. The topological polar surface area (TPSA) is 83.4 Å². The molecule has 0 aromatic carbocycles. The zero-order chi connectivity index (χ0) is 17.8. The van der Waals surface area contributed by atoms with Crippen LogP contribution < -0.4 is 15.0 Å². The predicted molar refractivity (Wildman–Crippen MR) is 97.1 cm³/mol. The molecule has 1 saturated heterocycles. The first-order chi connectivity index (χ1) is 12.1. The Bertz CT molecular complexity index is 737. The summed E-state index contributed by atoms with van der Waals surface area (Å²) in [5, 5.41) is 12.8. The van der Waals surface area contributed by atoms with Crippen LogP contribution >= 0.6 is 0 Å². The summed E-state index contributed by atoms with van der Waals surface area (Å²) in [6, 6.07) is 4.12. The van der Waals surface area contributed by atoms with E-state index in [1.165, 1.54) is 0 Å². The van der Waals surface area contributed by atoms with Gasteiger partial charge in [0.1, 0.15) is 18.0 Å². The number of methoxy groups -OCH3 is 1. The summed E-state index contributed by atoms with van der Waals surface area (Å²) in [5.41, 5.74) is 3.08. The van der Waals surface area contributed by atoms with Gasteiger partial charge in [-0.3, -0.25) is 0 Å². The number of aryl methyl sites for hydroxylation is 2. The number of aromatic nitrogens is 3. The van der Waals surface area contributed by atoms with Crippen molar-refractivity contribution in [3.05, 3.63) is 35.3 Å². The monoisotopic (exact) mass is 343 g/mol. The number of pyridine rings is 1. The van der Waals surface area contributed by atoms with Crippen molar-refractivity contribution in [1.82, 2.24) is 15.0 Å². The first kappa shape index (κ1) is 17.4. The molecule has 0 aliphatic carbocycles. The molecule has 2 aromatic heterocycles. The molecule has 3 heterocycles. The number of anilines is 2. The Labute approximate surface area is 148 Å². The van der Waals surface area contributed by atoms with Crippen molar-refractivity contribution in [1.29, 1.82) is 0 Å². The van der Waals surface area contributed by atoms with Gasteiger partial charge >= 0.3 is 0 Å². The molecule has 7 nitrogen and oxygen atoms in total. The van der Waals surface area contributed by atoms with Gasteiger partial charge in [-0.2, -0.15) is 0 Å². The Hall–Kier alpha value is -2.41. The molecule has 7 heteroatoms. The molecule has 25 heavy (non-hydrogen) atoms. The number of hydrogen-bond acceptors (Lipinski definition) is 7. The lowest BCUT2D eigenvalue weighted by molar-refractivity contribution is 0.266. The molecule has 0 unspecified atom stereocenters. The van der Waals surface area contributed by atoms with Gasteiger partial charge in [0, 0.05) is 30.4 Å². The van der Waals surface area contributed by atoms with E-state index in [0.29, 0.717) is 12.4 Å². The smallest absolute Gasteiger partial charge is 0.218 e. The van der Waals surface area contributed by atoms with Crippen LogP contribution in [0.15, 0.2) is 18.5 Å². The highest BCUT2D eigenvalue weighted by Gasteiger charge is 2.25. The van der Waals surface area contributed by atoms with Gasteiger partial charge in [-0.15, -0.1) is 0 Å². The van der Waals surface area contributed by atoms with Gasteiger partial charge in [0.15, 0.2) is 0 Å². The highest BCUT2D eigenvalue weighted by atomic mass is 16.5. The molecule has 2 N–H and O–H groups in total. The quantitative estimate of drug-likeness (QED) is 0.831. The fourth-order valence-electron chi connectivity index (χ4n) is 3.32. The number of rotatable bonds is 6.